The first-order valence-corrected chi connectivity index (χ1v) is 8.78. The highest BCUT2D eigenvalue weighted by Crippen LogP contribution is 2.29. The van der Waals surface area contributed by atoms with E-state index in [2.05, 4.69) is 10.1 Å². The van der Waals surface area contributed by atoms with Gasteiger partial charge in [0.2, 0.25) is 0 Å². The number of sulfone groups is 1. The molecule has 2 aromatic rings. The summed E-state index contributed by atoms with van der Waals surface area (Å²) in [6, 6.07) is 14.9. The summed E-state index contributed by atoms with van der Waals surface area (Å²) in [7, 11) is -0.971. The maximum atomic E-state index is 13.0. The predicted octanol–water partition coefficient (Wildman–Crippen LogP) is 2.57. The molecule has 24 heavy (non-hydrogen) atoms. The number of rotatable bonds is 6. The molecule has 1 amide bonds. The number of benzene rings is 2. The van der Waals surface area contributed by atoms with Gasteiger partial charge in [-0.25, -0.2) is 13.2 Å². The first-order chi connectivity index (χ1) is 11.5. The van der Waals surface area contributed by atoms with Gasteiger partial charge in [0.25, 0.3) is 0 Å². The minimum absolute atomic E-state index is 0.0922. The molecule has 0 saturated carbocycles. The van der Waals surface area contributed by atoms with Gasteiger partial charge >= 0.3 is 6.09 Å². The lowest BCUT2D eigenvalue weighted by Gasteiger charge is -2.19. The van der Waals surface area contributed by atoms with Gasteiger partial charge < -0.3 is 14.8 Å². The second-order valence-corrected chi connectivity index (χ2v) is 7.12. The summed E-state index contributed by atoms with van der Waals surface area (Å²) in [6.07, 6.45) is -0.680. The molecule has 0 bridgehead atoms. The molecule has 1 unspecified atom stereocenters. The maximum absolute atomic E-state index is 13.0. The average molecular weight is 349 g/mol. The number of hydrogen-bond donors (Lipinski definition) is 1. The van der Waals surface area contributed by atoms with Gasteiger partial charge in [-0.1, -0.05) is 30.3 Å². The predicted molar refractivity (Wildman–Crippen MR) is 89.8 cm³/mol. The Morgan fingerprint density at radius 1 is 1.04 bits per heavy atom. The zero-order valence-corrected chi connectivity index (χ0v) is 14.2. The Labute approximate surface area is 141 Å². The van der Waals surface area contributed by atoms with E-state index < -0.39 is 21.2 Å². The second-order valence-electron chi connectivity index (χ2n) is 4.99. The lowest BCUT2D eigenvalue weighted by atomic mass is 10.1. The van der Waals surface area contributed by atoms with E-state index in [4.69, 9.17) is 4.74 Å². The van der Waals surface area contributed by atoms with E-state index in [1.54, 1.807) is 42.5 Å². The van der Waals surface area contributed by atoms with Crippen LogP contribution >= 0.6 is 0 Å². The molecule has 7 heteroatoms. The number of carbonyl (C=O) groups is 1. The molecule has 1 atom stereocenters. The Kier molecular flexibility index (Phi) is 5.81. The molecule has 1 N–H and O–H groups in total. The molecule has 0 aromatic heterocycles. The molecule has 0 aliphatic carbocycles. The lowest BCUT2D eigenvalue weighted by Crippen LogP contribution is -2.31. The highest BCUT2D eigenvalue weighted by molar-refractivity contribution is 7.91. The number of methoxy groups -OCH3 is 2. The van der Waals surface area contributed by atoms with Gasteiger partial charge in [0.1, 0.15) is 11.0 Å². The van der Waals surface area contributed by atoms with Crippen molar-refractivity contribution in [1.82, 2.24) is 5.32 Å². The molecule has 0 spiro atoms. The zero-order valence-electron chi connectivity index (χ0n) is 13.4. The van der Waals surface area contributed by atoms with Crippen LogP contribution < -0.4 is 10.1 Å². The molecule has 0 radical (unpaired) electrons. The van der Waals surface area contributed by atoms with Gasteiger partial charge in [-0.3, -0.25) is 0 Å². The third kappa shape index (κ3) is 4.05. The van der Waals surface area contributed by atoms with Crippen LogP contribution in [0, 0.1) is 0 Å². The molecule has 2 rings (SSSR count). The molecule has 0 aliphatic heterocycles. The summed E-state index contributed by atoms with van der Waals surface area (Å²) in [4.78, 5) is 11.5. The van der Waals surface area contributed by atoms with E-state index in [1.165, 1.54) is 26.4 Å². The summed E-state index contributed by atoms with van der Waals surface area (Å²) in [5.74, 6) is 0.567. The standard InChI is InChI=1S/C17H19NO5S/c1-22-14-8-10-15(11-9-14)24(20,21)16(12-18-17(19)23-2)13-6-4-3-5-7-13/h3-11,16H,12H2,1-2H3,(H,18,19). The van der Waals surface area contributed by atoms with Gasteiger partial charge in [0, 0.05) is 6.54 Å². The highest BCUT2D eigenvalue weighted by Gasteiger charge is 2.29. The summed E-state index contributed by atoms with van der Waals surface area (Å²) >= 11 is 0. The number of nitrogens with one attached hydrogen (secondary N) is 1. The zero-order chi connectivity index (χ0) is 17.6. The van der Waals surface area contributed by atoms with Crippen LogP contribution in [0.1, 0.15) is 10.8 Å². The van der Waals surface area contributed by atoms with Crippen molar-refractivity contribution in [3.63, 3.8) is 0 Å². The van der Waals surface area contributed by atoms with Crippen molar-refractivity contribution in [2.75, 3.05) is 20.8 Å². The molecule has 0 fully saturated rings. The monoisotopic (exact) mass is 349 g/mol. The molecular formula is C17H19NO5S. The van der Waals surface area contributed by atoms with E-state index in [0.29, 0.717) is 11.3 Å². The van der Waals surface area contributed by atoms with Crippen LogP contribution in [0.5, 0.6) is 5.75 Å². The number of ether oxygens (including phenoxy) is 2. The Bertz CT molecular complexity index is 772. The van der Waals surface area contributed by atoms with E-state index in [9.17, 15) is 13.2 Å². The van der Waals surface area contributed by atoms with Crippen LogP contribution in [-0.2, 0) is 14.6 Å². The molecule has 2 aromatic carbocycles. The van der Waals surface area contributed by atoms with Crippen LogP contribution in [-0.4, -0.2) is 35.3 Å². The summed E-state index contributed by atoms with van der Waals surface area (Å²) in [5, 5.41) is 1.54. The van der Waals surface area contributed by atoms with Crippen LogP contribution in [0.3, 0.4) is 0 Å². The van der Waals surface area contributed by atoms with E-state index in [0.717, 1.165) is 0 Å². The number of hydrogen-bond acceptors (Lipinski definition) is 5. The van der Waals surface area contributed by atoms with Gasteiger partial charge in [-0.2, -0.15) is 0 Å². The minimum atomic E-state index is -3.71. The third-order valence-corrected chi connectivity index (χ3v) is 5.67. The van der Waals surface area contributed by atoms with Crippen molar-refractivity contribution in [1.29, 1.82) is 0 Å². The lowest BCUT2D eigenvalue weighted by molar-refractivity contribution is 0.171. The first-order valence-electron chi connectivity index (χ1n) is 7.23. The summed E-state index contributed by atoms with van der Waals surface area (Å²) < 4.78 is 35.6. The maximum Gasteiger partial charge on any atom is 0.406 e. The molecule has 0 heterocycles. The van der Waals surface area contributed by atoms with Crippen molar-refractivity contribution in [3.8, 4) is 5.75 Å². The Balaban J connectivity index is 2.38. The van der Waals surface area contributed by atoms with E-state index >= 15 is 0 Å². The van der Waals surface area contributed by atoms with Crippen LogP contribution in [0.25, 0.3) is 0 Å². The summed E-state index contributed by atoms with van der Waals surface area (Å²) in [5.41, 5.74) is 0.588. The van der Waals surface area contributed by atoms with Crippen molar-refractivity contribution >= 4 is 15.9 Å². The smallest absolute Gasteiger partial charge is 0.406 e. The molecule has 0 saturated heterocycles. The summed E-state index contributed by atoms with van der Waals surface area (Å²) in [6.45, 7) is -0.0922. The van der Waals surface area contributed by atoms with Crippen LogP contribution in [0.2, 0.25) is 0 Å². The SMILES string of the molecule is COC(=O)NCC(c1ccccc1)S(=O)(=O)c1ccc(OC)cc1. The Hall–Kier alpha value is -2.54. The van der Waals surface area contributed by atoms with Crippen molar-refractivity contribution < 1.29 is 22.7 Å². The highest BCUT2D eigenvalue weighted by atomic mass is 32.2. The second kappa shape index (κ2) is 7.83. The quantitative estimate of drug-likeness (QED) is 0.867. The molecule has 0 aliphatic rings. The number of alkyl carbamates (subject to hydrolysis) is 1. The Morgan fingerprint density at radius 3 is 2.21 bits per heavy atom. The fourth-order valence-electron chi connectivity index (χ4n) is 2.25. The largest absolute Gasteiger partial charge is 0.497 e. The van der Waals surface area contributed by atoms with Gasteiger partial charge in [-0.15, -0.1) is 0 Å². The first kappa shape index (κ1) is 17.8. The van der Waals surface area contributed by atoms with Gasteiger partial charge in [0.15, 0.2) is 9.84 Å². The van der Waals surface area contributed by atoms with Gasteiger partial charge in [0.05, 0.1) is 19.1 Å². The molecule has 6 nitrogen and oxygen atoms in total. The van der Waals surface area contributed by atoms with Crippen LogP contribution in [0.15, 0.2) is 59.5 Å². The van der Waals surface area contributed by atoms with Crippen LogP contribution in [0.4, 0.5) is 4.79 Å². The minimum Gasteiger partial charge on any atom is -0.497 e. The van der Waals surface area contributed by atoms with Crippen molar-refractivity contribution in [2.45, 2.75) is 10.1 Å². The van der Waals surface area contributed by atoms with E-state index in [-0.39, 0.29) is 11.4 Å². The fraction of sp³-hybridized carbons (Fsp3) is 0.235. The number of carbonyl (C=O) groups excluding carboxylic acids is 1. The third-order valence-electron chi connectivity index (χ3n) is 3.55. The van der Waals surface area contributed by atoms with Crippen molar-refractivity contribution in [3.05, 3.63) is 60.2 Å². The number of amides is 1. The van der Waals surface area contributed by atoms with Gasteiger partial charge in [-0.05, 0) is 29.8 Å². The Morgan fingerprint density at radius 2 is 1.67 bits per heavy atom. The van der Waals surface area contributed by atoms with E-state index in [1.807, 2.05) is 0 Å². The average Bonchev–Trinajstić information content (AvgIpc) is 2.62. The molecule has 128 valence electrons. The fourth-order valence-corrected chi connectivity index (χ4v) is 3.91. The topological polar surface area (TPSA) is 81.7 Å². The normalized spacial score (nSPS) is 12.2. The molecular weight excluding hydrogens is 330 g/mol. The van der Waals surface area contributed by atoms with Crippen molar-refractivity contribution in [2.24, 2.45) is 0 Å².